The summed E-state index contributed by atoms with van der Waals surface area (Å²) in [5.41, 5.74) is 1.83. The van der Waals surface area contributed by atoms with Crippen LogP contribution in [0.4, 0.5) is 0 Å². The lowest BCUT2D eigenvalue weighted by molar-refractivity contribution is 0.0963. The molecule has 0 fully saturated rings. The summed E-state index contributed by atoms with van der Waals surface area (Å²) in [4.78, 5) is 18.9. The van der Waals surface area contributed by atoms with Gasteiger partial charge in [0.15, 0.2) is 5.96 Å². The molecule has 0 spiro atoms. The van der Waals surface area contributed by atoms with E-state index in [2.05, 4.69) is 55.7 Å². The third-order valence-electron chi connectivity index (χ3n) is 5.16. The second kappa shape index (κ2) is 15.5. The number of aliphatic imine (C=N–C) groups is 1. The molecule has 0 aliphatic carbocycles. The predicted molar refractivity (Wildman–Crippen MR) is 134 cm³/mol. The monoisotopic (exact) mass is 517 g/mol. The van der Waals surface area contributed by atoms with Crippen LogP contribution in [0.25, 0.3) is 0 Å². The second-order valence-electron chi connectivity index (χ2n) is 7.28. The van der Waals surface area contributed by atoms with Crippen LogP contribution in [0.5, 0.6) is 0 Å². The van der Waals surface area contributed by atoms with Gasteiger partial charge >= 0.3 is 0 Å². The molecule has 0 saturated heterocycles. The minimum Gasteiger partial charge on any atom is -0.357 e. The highest BCUT2D eigenvalue weighted by Crippen LogP contribution is 2.17. The van der Waals surface area contributed by atoms with Gasteiger partial charge in [-0.3, -0.25) is 9.79 Å². The number of carbonyl (C=O) groups excluding carboxylic acids is 1. The lowest BCUT2D eigenvalue weighted by Crippen LogP contribution is -2.42. The number of likely N-dealkylation sites (N-methyl/N-ethyl adjacent to an activating group) is 1. The molecule has 1 aromatic carbocycles. The zero-order valence-electron chi connectivity index (χ0n) is 18.9. The summed E-state index contributed by atoms with van der Waals surface area (Å²) in [5.74, 6) is 1.44. The first-order chi connectivity index (χ1) is 13.5. The third kappa shape index (κ3) is 9.80. The zero-order chi connectivity index (χ0) is 20.9. The molecule has 0 aromatic heterocycles. The molecule has 166 valence electrons. The molecule has 1 unspecified atom stereocenters. The van der Waals surface area contributed by atoms with Gasteiger partial charge < -0.3 is 20.9 Å². The number of carbonyl (C=O) groups is 1. The summed E-state index contributed by atoms with van der Waals surface area (Å²) in [6.45, 7) is 8.96. The van der Waals surface area contributed by atoms with Gasteiger partial charge in [-0.2, -0.15) is 0 Å². The Morgan fingerprint density at radius 3 is 2.38 bits per heavy atom. The molecule has 0 radical (unpaired) electrons. The number of amides is 1. The summed E-state index contributed by atoms with van der Waals surface area (Å²) in [6.07, 6.45) is 3.17. The minimum atomic E-state index is -0.0548. The summed E-state index contributed by atoms with van der Waals surface area (Å²) in [6, 6.07) is 8.19. The number of guanidine groups is 1. The van der Waals surface area contributed by atoms with E-state index in [1.807, 2.05) is 24.3 Å². The van der Waals surface area contributed by atoms with Gasteiger partial charge in [-0.15, -0.1) is 24.0 Å². The van der Waals surface area contributed by atoms with Crippen molar-refractivity contribution in [2.75, 3.05) is 40.8 Å². The molecule has 0 aliphatic heterocycles. The molecule has 0 bridgehead atoms. The van der Waals surface area contributed by atoms with Gasteiger partial charge in [0.25, 0.3) is 5.91 Å². The van der Waals surface area contributed by atoms with E-state index in [0.717, 1.165) is 37.6 Å². The van der Waals surface area contributed by atoms with Gasteiger partial charge in [-0.05, 0) is 51.1 Å². The van der Waals surface area contributed by atoms with Crippen LogP contribution in [0.1, 0.15) is 49.5 Å². The minimum absolute atomic E-state index is 0. The van der Waals surface area contributed by atoms with E-state index in [0.29, 0.717) is 17.5 Å². The van der Waals surface area contributed by atoms with Crippen molar-refractivity contribution in [3.05, 3.63) is 35.4 Å². The first kappa shape index (κ1) is 27.6. The number of nitrogens with zero attached hydrogens (tertiary/aromatic N) is 2. The molecule has 6 nitrogen and oxygen atoms in total. The Labute approximate surface area is 194 Å². The van der Waals surface area contributed by atoms with Crippen LogP contribution in [-0.2, 0) is 6.42 Å². The first-order valence-electron chi connectivity index (χ1n) is 10.5. The average molecular weight is 518 g/mol. The summed E-state index contributed by atoms with van der Waals surface area (Å²) in [7, 11) is 5.93. The fourth-order valence-electron chi connectivity index (χ4n) is 3.43. The van der Waals surface area contributed by atoms with Crippen LogP contribution < -0.4 is 16.0 Å². The number of benzene rings is 1. The van der Waals surface area contributed by atoms with Crippen LogP contribution in [0, 0.1) is 5.92 Å². The van der Waals surface area contributed by atoms with E-state index in [1.54, 1.807) is 7.05 Å². The zero-order valence-corrected chi connectivity index (χ0v) is 21.2. The number of hydrogen-bond acceptors (Lipinski definition) is 3. The molecular formula is C22H40IN5O. The fraction of sp³-hybridized carbons (Fsp3) is 0.636. The van der Waals surface area contributed by atoms with Gasteiger partial charge in [-0.1, -0.05) is 38.8 Å². The standard InChI is InChI=1S/C22H39N5O.HI/c1-7-18(8-2)20(27(5)6)16-26-22(24-9-3)25-14-13-17-11-10-12-19(15-17)21(28)23-4;/h10-12,15,18,20H,7-9,13-14,16H2,1-6H3,(H,23,28)(H2,24,25,26);1H. The maximum Gasteiger partial charge on any atom is 0.251 e. The molecule has 1 amide bonds. The Bertz CT molecular complexity index is 617. The van der Waals surface area contributed by atoms with Gasteiger partial charge in [-0.25, -0.2) is 0 Å². The van der Waals surface area contributed by atoms with Crippen molar-refractivity contribution in [2.24, 2.45) is 10.9 Å². The molecule has 29 heavy (non-hydrogen) atoms. The van der Waals surface area contributed by atoms with Gasteiger partial charge in [0.05, 0.1) is 6.54 Å². The lowest BCUT2D eigenvalue weighted by Gasteiger charge is -2.30. The Kier molecular flexibility index (Phi) is 14.8. The largest absolute Gasteiger partial charge is 0.357 e. The van der Waals surface area contributed by atoms with Crippen LogP contribution >= 0.6 is 24.0 Å². The summed E-state index contributed by atoms with van der Waals surface area (Å²) < 4.78 is 0. The van der Waals surface area contributed by atoms with Gasteiger partial charge in [0, 0.05) is 31.7 Å². The SMILES string of the molecule is CCNC(=NCC(C(CC)CC)N(C)C)NCCc1cccc(C(=O)NC)c1.I. The average Bonchev–Trinajstić information content (AvgIpc) is 2.70. The predicted octanol–water partition coefficient (Wildman–Crippen LogP) is 3.13. The van der Waals surface area contributed by atoms with E-state index in [1.165, 1.54) is 12.8 Å². The number of rotatable bonds is 11. The Hall–Kier alpha value is -1.35. The maximum absolute atomic E-state index is 11.8. The van der Waals surface area contributed by atoms with Crippen molar-refractivity contribution < 1.29 is 4.79 Å². The summed E-state index contributed by atoms with van der Waals surface area (Å²) >= 11 is 0. The first-order valence-corrected chi connectivity index (χ1v) is 10.5. The number of halogens is 1. The maximum atomic E-state index is 11.8. The topological polar surface area (TPSA) is 68.8 Å². The number of nitrogens with one attached hydrogen (secondary N) is 3. The lowest BCUT2D eigenvalue weighted by atomic mass is 9.93. The van der Waals surface area contributed by atoms with Crippen molar-refractivity contribution in [1.82, 2.24) is 20.9 Å². The van der Waals surface area contributed by atoms with E-state index >= 15 is 0 Å². The molecule has 1 atom stereocenters. The van der Waals surface area contributed by atoms with Crippen LogP contribution in [0.3, 0.4) is 0 Å². The highest BCUT2D eigenvalue weighted by molar-refractivity contribution is 14.0. The molecule has 0 saturated carbocycles. The quantitative estimate of drug-likeness (QED) is 0.240. The van der Waals surface area contributed by atoms with E-state index < -0.39 is 0 Å². The van der Waals surface area contributed by atoms with E-state index in [9.17, 15) is 4.79 Å². The summed E-state index contributed by atoms with van der Waals surface area (Å²) in [5, 5.41) is 9.42. The molecule has 1 aromatic rings. The molecule has 1 rings (SSSR count). The van der Waals surface area contributed by atoms with Crippen molar-refractivity contribution >= 4 is 35.8 Å². The molecule has 0 aliphatic rings. The van der Waals surface area contributed by atoms with Crippen molar-refractivity contribution in [3.8, 4) is 0 Å². The molecule has 7 heteroatoms. The van der Waals surface area contributed by atoms with Crippen molar-refractivity contribution in [3.63, 3.8) is 0 Å². The van der Waals surface area contributed by atoms with Gasteiger partial charge in [0.1, 0.15) is 0 Å². The van der Waals surface area contributed by atoms with E-state index in [4.69, 9.17) is 4.99 Å². The third-order valence-corrected chi connectivity index (χ3v) is 5.16. The van der Waals surface area contributed by atoms with Crippen LogP contribution in [-0.4, -0.2) is 63.6 Å². The smallest absolute Gasteiger partial charge is 0.251 e. The van der Waals surface area contributed by atoms with Crippen LogP contribution in [0.2, 0.25) is 0 Å². The van der Waals surface area contributed by atoms with E-state index in [-0.39, 0.29) is 29.9 Å². The number of hydrogen-bond donors (Lipinski definition) is 3. The van der Waals surface area contributed by atoms with Crippen LogP contribution in [0.15, 0.2) is 29.3 Å². The molecule has 3 N–H and O–H groups in total. The second-order valence-corrected chi connectivity index (χ2v) is 7.28. The van der Waals surface area contributed by atoms with Gasteiger partial charge in [0.2, 0.25) is 0 Å². The Morgan fingerprint density at radius 1 is 1.14 bits per heavy atom. The fourth-order valence-corrected chi connectivity index (χ4v) is 3.43. The van der Waals surface area contributed by atoms with Crippen molar-refractivity contribution in [2.45, 2.75) is 46.1 Å². The highest BCUT2D eigenvalue weighted by Gasteiger charge is 2.20. The molecular weight excluding hydrogens is 477 g/mol. The van der Waals surface area contributed by atoms with Crippen molar-refractivity contribution in [1.29, 1.82) is 0 Å². The Balaban J connectivity index is 0.00000784. The highest BCUT2D eigenvalue weighted by atomic mass is 127. The Morgan fingerprint density at radius 2 is 1.83 bits per heavy atom. The molecule has 0 heterocycles. The normalized spacial score (nSPS) is 12.5.